The summed E-state index contributed by atoms with van der Waals surface area (Å²) in [6.45, 7) is -0.438. The number of carboxylic acids is 1. The van der Waals surface area contributed by atoms with Crippen molar-refractivity contribution in [2.24, 2.45) is 0 Å². The molecule has 7 heteroatoms. The van der Waals surface area contributed by atoms with E-state index in [0.29, 0.717) is 22.9 Å². The highest BCUT2D eigenvalue weighted by atomic mass is 16.5. The Kier molecular flexibility index (Phi) is 5.96. The molecule has 0 unspecified atom stereocenters. The number of aromatic nitrogens is 3. The molecular formula is C28H21N3O4. The fraction of sp³-hybridized carbons (Fsp3) is 0.0357. The molecule has 7 nitrogen and oxygen atoms in total. The molecule has 5 aromatic rings. The van der Waals surface area contributed by atoms with Crippen LogP contribution in [0.2, 0.25) is 0 Å². The normalized spacial score (nSPS) is 10.7. The Balaban J connectivity index is 1.68. The maximum absolute atomic E-state index is 13.8. The van der Waals surface area contributed by atoms with E-state index in [1.165, 1.54) is 4.68 Å². The number of rotatable bonds is 7. The lowest BCUT2D eigenvalue weighted by molar-refractivity contribution is -0.139. The van der Waals surface area contributed by atoms with Gasteiger partial charge >= 0.3 is 11.7 Å². The van der Waals surface area contributed by atoms with Gasteiger partial charge in [-0.05, 0) is 35.9 Å². The third-order valence-corrected chi connectivity index (χ3v) is 5.46. The monoisotopic (exact) mass is 463 g/mol. The lowest BCUT2D eigenvalue weighted by Crippen LogP contribution is -2.23. The Morgan fingerprint density at radius 1 is 0.800 bits per heavy atom. The highest BCUT2D eigenvalue weighted by molar-refractivity contribution is 5.74. The Morgan fingerprint density at radius 3 is 2.20 bits per heavy atom. The zero-order valence-electron chi connectivity index (χ0n) is 18.6. The smallest absolute Gasteiger partial charge is 0.355 e. The minimum atomic E-state index is -1.05. The Morgan fingerprint density at radius 2 is 1.46 bits per heavy atom. The lowest BCUT2D eigenvalue weighted by Gasteiger charge is -2.10. The largest absolute Gasteiger partial charge is 0.482 e. The second-order valence-corrected chi connectivity index (χ2v) is 7.78. The first-order valence-corrected chi connectivity index (χ1v) is 11.0. The summed E-state index contributed by atoms with van der Waals surface area (Å²) >= 11 is 0. The number of carboxylic acid groups (broad SMARTS) is 1. The van der Waals surface area contributed by atoms with Crippen molar-refractivity contribution in [2.75, 3.05) is 6.61 Å². The van der Waals surface area contributed by atoms with Crippen molar-refractivity contribution < 1.29 is 14.6 Å². The molecular weight excluding hydrogens is 442 g/mol. The maximum Gasteiger partial charge on any atom is 0.355 e. The van der Waals surface area contributed by atoms with Crippen LogP contribution in [0, 0.1) is 0 Å². The molecule has 0 amide bonds. The number of aliphatic carboxylic acids is 1. The molecule has 0 fully saturated rings. The lowest BCUT2D eigenvalue weighted by atomic mass is 10.0. The summed E-state index contributed by atoms with van der Waals surface area (Å²) in [5.41, 5.74) is 3.34. The second kappa shape index (κ2) is 9.52. The predicted molar refractivity (Wildman–Crippen MR) is 133 cm³/mol. The summed E-state index contributed by atoms with van der Waals surface area (Å²) in [5.74, 6) is -0.107. The number of para-hydroxylation sites is 2. The average Bonchev–Trinajstić information content (AvgIpc) is 3.25. The first-order valence-electron chi connectivity index (χ1n) is 11.0. The maximum atomic E-state index is 13.8. The van der Waals surface area contributed by atoms with Crippen LogP contribution in [0.25, 0.3) is 33.9 Å². The summed E-state index contributed by atoms with van der Waals surface area (Å²) in [5, 5.41) is 13.7. The van der Waals surface area contributed by atoms with Crippen molar-refractivity contribution in [2.45, 2.75) is 0 Å². The van der Waals surface area contributed by atoms with E-state index in [-0.39, 0.29) is 5.69 Å². The molecule has 0 saturated carbocycles. The van der Waals surface area contributed by atoms with Gasteiger partial charge in [0.15, 0.2) is 12.4 Å². The first kappa shape index (κ1) is 21.9. The van der Waals surface area contributed by atoms with Gasteiger partial charge in [-0.25, -0.2) is 14.2 Å². The highest BCUT2D eigenvalue weighted by Crippen LogP contribution is 2.29. The summed E-state index contributed by atoms with van der Waals surface area (Å²) in [6.07, 6.45) is 0. The topological polar surface area (TPSA) is 86.3 Å². The van der Waals surface area contributed by atoms with Crippen LogP contribution < -0.4 is 10.4 Å². The van der Waals surface area contributed by atoms with Gasteiger partial charge in [-0.2, -0.15) is 4.68 Å². The first-order chi connectivity index (χ1) is 17.1. The standard InChI is InChI=1S/C28H21N3O4/c32-26(33)19-35-23-15-9-12-21(18-23)24-16-7-8-17-25(24)31-28(34)30(22-13-5-2-6-14-22)27(29-31)20-10-3-1-4-11-20/h1-18H,19H2,(H,32,33). The van der Waals surface area contributed by atoms with Crippen molar-refractivity contribution in [1.29, 1.82) is 0 Å². The van der Waals surface area contributed by atoms with E-state index in [9.17, 15) is 9.59 Å². The van der Waals surface area contributed by atoms with Crippen molar-refractivity contribution >= 4 is 5.97 Å². The molecule has 1 heterocycles. The molecule has 0 bridgehead atoms. The van der Waals surface area contributed by atoms with E-state index in [4.69, 9.17) is 14.9 Å². The molecule has 0 spiro atoms. The van der Waals surface area contributed by atoms with Crippen LogP contribution in [-0.4, -0.2) is 32.0 Å². The number of nitrogens with zero attached hydrogens (tertiary/aromatic N) is 3. The van der Waals surface area contributed by atoms with Gasteiger partial charge in [0.05, 0.1) is 11.4 Å². The van der Waals surface area contributed by atoms with Gasteiger partial charge in [-0.3, -0.25) is 0 Å². The zero-order valence-corrected chi connectivity index (χ0v) is 18.6. The van der Waals surface area contributed by atoms with Crippen LogP contribution in [0.3, 0.4) is 0 Å². The van der Waals surface area contributed by atoms with Crippen LogP contribution in [0.15, 0.2) is 114 Å². The van der Waals surface area contributed by atoms with Crippen LogP contribution in [0.1, 0.15) is 0 Å². The van der Waals surface area contributed by atoms with Gasteiger partial charge < -0.3 is 9.84 Å². The van der Waals surface area contributed by atoms with Crippen molar-refractivity contribution in [3.63, 3.8) is 0 Å². The predicted octanol–water partition coefficient (Wildman–Crippen LogP) is 4.82. The van der Waals surface area contributed by atoms with Crippen molar-refractivity contribution in [3.05, 3.63) is 120 Å². The van der Waals surface area contributed by atoms with Crippen molar-refractivity contribution in [1.82, 2.24) is 14.3 Å². The van der Waals surface area contributed by atoms with E-state index in [0.717, 1.165) is 16.7 Å². The molecule has 5 rings (SSSR count). The van der Waals surface area contributed by atoms with Crippen LogP contribution >= 0.6 is 0 Å². The minimum absolute atomic E-state index is 0.305. The highest BCUT2D eigenvalue weighted by Gasteiger charge is 2.19. The molecule has 0 saturated heterocycles. The summed E-state index contributed by atoms with van der Waals surface area (Å²) in [6, 6.07) is 33.5. The van der Waals surface area contributed by atoms with Crippen LogP contribution in [-0.2, 0) is 4.79 Å². The fourth-order valence-corrected chi connectivity index (χ4v) is 3.91. The summed E-state index contributed by atoms with van der Waals surface area (Å²) in [7, 11) is 0. The SMILES string of the molecule is O=C(O)COc1cccc(-c2ccccc2-n2nc(-c3ccccc3)n(-c3ccccc3)c2=O)c1. The van der Waals surface area contributed by atoms with E-state index >= 15 is 0 Å². The van der Waals surface area contributed by atoms with Crippen LogP contribution in [0.5, 0.6) is 5.75 Å². The van der Waals surface area contributed by atoms with E-state index < -0.39 is 12.6 Å². The molecule has 35 heavy (non-hydrogen) atoms. The van der Waals surface area contributed by atoms with Gasteiger partial charge in [0.2, 0.25) is 0 Å². The molecule has 1 aromatic heterocycles. The number of ether oxygens (including phenoxy) is 1. The Bertz CT molecular complexity index is 1540. The fourth-order valence-electron chi connectivity index (χ4n) is 3.91. The molecule has 0 atom stereocenters. The summed E-state index contributed by atoms with van der Waals surface area (Å²) in [4.78, 5) is 24.7. The van der Waals surface area contributed by atoms with Gasteiger partial charge in [-0.1, -0.05) is 78.9 Å². The zero-order chi connectivity index (χ0) is 24.2. The van der Waals surface area contributed by atoms with Crippen molar-refractivity contribution in [3.8, 4) is 39.6 Å². The third kappa shape index (κ3) is 4.47. The van der Waals surface area contributed by atoms with E-state index in [1.54, 1.807) is 22.8 Å². The Labute approximate surface area is 201 Å². The number of hydrogen-bond donors (Lipinski definition) is 1. The minimum Gasteiger partial charge on any atom is -0.482 e. The van der Waals surface area contributed by atoms with Crippen LogP contribution in [0.4, 0.5) is 0 Å². The van der Waals surface area contributed by atoms with E-state index in [1.807, 2.05) is 91.0 Å². The molecule has 0 aliphatic heterocycles. The summed E-state index contributed by atoms with van der Waals surface area (Å²) < 4.78 is 8.34. The number of carbonyl (C=O) groups is 1. The quantitative estimate of drug-likeness (QED) is 0.374. The molecule has 0 aliphatic carbocycles. The molecule has 1 N–H and O–H groups in total. The molecule has 4 aromatic carbocycles. The molecule has 0 aliphatic rings. The third-order valence-electron chi connectivity index (χ3n) is 5.46. The molecule has 0 radical (unpaired) electrons. The second-order valence-electron chi connectivity index (χ2n) is 7.78. The number of hydrogen-bond acceptors (Lipinski definition) is 4. The van der Waals surface area contributed by atoms with Gasteiger partial charge in [-0.15, -0.1) is 5.10 Å². The van der Waals surface area contributed by atoms with E-state index in [2.05, 4.69) is 0 Å². The van der Waals surface area contributed by atoms with Gasteiger partial charge in [0.25, 0.3) is 0 Å². The number of benzene rings is 4. The van der Waals surface area contributed by atoms with Gasteiger partial charge in [0.1, 0.15) is 5.75 Å². The Hall–Kier alpha value is -4.91. The molecule has 172 valence electrons. The van der Waals surface area contributed by atoms with Gasteiger partial charge in [0, 0.05) is 11.1 Å². The average molecular weight is 463 g/mol.